The highest BCUT2D eigenvalue weighted by atomic mass is 35.5. The lowest BCUT2D eigenvalue weighted by atomic mass is 9.90. The van der Waals surface area contributed by atoms with Crippen molar-refractivity contribution >= 4 is 17.4 Å². The Kier molecular flexibility index (Phi) is 4.58. The van der Waals surface area contributed by atoms with E-state index in [0.29, 0.717) is 30.4 Å². The molecule has 1 aromatic rings. The molecule has 0 spiro atoms. The number of rotatable bonds is 6. The number of ketones is 1. The lowest BCUT2D eigenvalue weighted by Crippen LogP contribution is -2.52. The molecule has 0 amide bonds. The van der Waals surface area contributed by atoms with Gasteiger partial charge >= 0.3 is 0 Å². The fraction of sp³-hybridized carbons (Fsp3) is 0.462. The van der Waals surface area contributed by atoms with Gasteiger partial charge in [0.1, 0.15) is 11.9 Å². The highest BCUT2D eigenvalue weighted by Gasteiger charge is 2.42. The van der Waals surface area contributed by atoms with E-state index in [1.54, 1.807) is 31.4 Å². The summed E-state index contributed by atoms with van der Waals surface area (Å²) < 4.78 is 16.0. The van der Waals surface area contributed by atoms with Crippen LogP contribution >= 0.6 is 11.6 Å². The lowest BCUT2D eigenvalue weighted by molar-refractivity contribution is -0.156. The van der Waals surface area contributed by atoms with Gasteiger partial charge in [0, 0.05) is 18.6 Å². The van der Waals surface area contributed by atoms with Crippen LogP contribution in [0.1, 0.15) is 6.42 Å². The summed E-state index contributed by atoms with van der Waals surface area (Å²) in [4.78, 5) is 11.4. The van der Waals surface area contributed by atoms with Crippen LogP contribution in [0, 0.1) is 0 Å². The number of carbonyl (C=O) groups is 1. The van der Waals surface area contributed by atoms with Gasteiger partial charge in [0.25, 0.3) is 0 Å². The van der Waals surface area contributed by atoms with Crippen molar-refractivity contribution in [3.8, 4) is 5.75 Å². The Morgan fingerprint density at radius 1 is 1.28 bits per heavy atom. The number of methoxy groups -OCH3 is 1. The highest BCUT2D eigenvalue weighted by Crippen LogP contribution is 2.26. The summed E-state index contributed by atoms with van der Waals surface area (Å²) in [6.45, 7) is 0.866. The van der Waals surface area contributed by atoms with Gasteiger partial charge in [-0.25, -0.2) is 0 Å². The van der Waals surface area contributed by atoms with Crippen molar-refractivity contribution in [1.29, 1.82) is 0 Å². The Hall–Kier alpha value is -1.10. The van der Waals surface area contributed by atoms with Crippen molar-refractivity contribution in [1.82, 2.24) is 0 Å². The number of carbonyl (C=O) groups excluding carboxylic acids is 1. The van der Waals surface area contributed by atoms with Gasteiger partial charge in [-0.05, 0) is 24.3 Å². The van der Waals surface area contributed by atoms with E-state index >= 15 is 0 Å². The Bertz CT molecular complexity index is 404. The molecule has 0 radical (unpaired) electrons. The molecule has 0 saturated heterocycles. The fourth-order valence-electron chi connectivity index (χ4n) is 1.72. The van der Waals surface area contributed by atoms with Gasteiger partial charge in [0.2, 0.25) is 0 Å². The maximum atomic E-state index is 11.4. The summed E-state index contributed by atoms with van der Waals surface area (Å²) in [5.41, 5.74) is 0. The summed E-state index contributed by atoms with van der Waals surface area (Å²) in [5, 5.41) is 0.653. The monoisotopic (exact) mass is 270 g/mol. The van der Waals surface area contributed by atoms with Crippen molar-refractivity contribution in [2.24, 2.45) is 0 Å². The van der Waals surface area contributed by atoms with Crippen LogP contribution in [0.15, 0.2) is 24.3 Å². The van der Waals surface area contributed by atoms with Gasteiger partial charge in [-0.1, -0.05) is 11.6 Å². The van der Waals surface area contributed by atoms with Crippen molar-refractivity contribution in [3.63, 3.8) is 0 Å². The maximum absolute atomic E-state index is 11.4. The summed E-state index contributed by atoms with van der Waals surface area (Å²) in [6.07, 6.45) is -0.299. The quantitative estimate of drug-likeness (QED) is 0.743. The molecule has 98 valence electrons. The second-order valence-electron chi connectivity index (χ2n) is 4.06. The maximum Gasteiger partial charge on any atom is 0.169 e. The molecule has 18 heavy (non-hydrogen) atoms. The summed E-state index contributed by atoms with van der Waals surface area (Å²) >= 11 is 5.78. The van der Waals surface area contributed by atoms with E-state index in [2.05, 4.69) is 0 Å². The van der Waals surface area contributed by atoms with Crippen molar-refractivity contribution in [2.45, 2.75) is 18.6 Å². The first-order valence-electron chi connectivity index (χ1n) is 5.76. The Morgan fingerprint density at radius 3 is 2.61 bits per heavy atom. The van der Waals surface area contributed by atoms with Crippen molar-refractivity contribution in [3.05, 3.63) is 29.3 Å². The van der Waals surface area contributed by atoms with E-state index in [1.807, 2.05) is 0 Å². The minimum Gasteiger partial charge on any atom is -0.487 e. The first-order chi connectivity index (χ1) is 8.70. The minimum atomic E-state index is -0.476. The van der Waals surface area contributed by atoms with Crippen LogP contribution in [0.25, 0.3) is 0 Å². The predicted octanol–water partition coefficient (Wildman–Crippen LogP) is 2.09. The summed E-state index contributed by atoms with van der Waals surface area (Å²) in [5.74, 6) is 0.766. The fourth-order valence-corrected chi connectivity index (χ4v) is 1.84. The van der Waals surface area contributed by atoms with Crippen molar-refractivity contribution in [2.75, 3.05) is 20.3 Å². The predicted molar refractivity (Wildman–Crippen MR) is 67.1 cm³/mol. The minimum absolute atomic E-state index is 0.0741. The molecule has 0 aromatic heterocycles. The lowest BCUT2D eigenvalue weighted by Gasteiger charge is -2.34. The molecule has 1 aromatic carbocycles. The van der Waals surface area contributed by atoms with E-state index in [-0.39, 0.29) is 11.9 Å². The first-order valence-corrected chi connectivity index (χ1v) is 6.14. The molecular formula is C13H15ClO4. The molecule has 5 heteroatoms. The van der Waals surface area contributed by atoms with Crippen LogP contribution in [0.2, 0.25) is 5.02 Å². The molecule has 0 N–H and O–H groups in total. The van der Waals surface area contributed by atoms with Crippen LogP contribution < -0.4 is 4.74 Å². The van der Waals surface area contributed by atoms with Crippen LogP contribution in [-0.4, -0.2) is 38.3 Å². The Balaban J connectivity index is 1.85. The molecule has 1 aliphatic rings. The zero-order valence-electron chi connectivity index (χ0n) is 10.1. The van der Waals surface area contributed by atoms with Gasteiger partial charge < -0.3 is 14.2 Å². The van der Waals surface area contributed by atoms with Gasteiger partial charge in [-0.3, -0.25) is 4.79 Å². The Morgan fingerprint density at radius 2 is 2.00 bits per heavy atom. The molecule has 2 rings (SSSR count). The molecule has 2 unspecified atom stereocenters. The number of hydrogen-bond donors (Lipinski definition) is 0. The number of halogens is 1. The van der Waals surface area contributed by atoms with E-state index in [4.69, 9.17) is 25.8 Å². The third-order valence-electron chi connectivity index (χ3n) is 2.74. The van der Waals surface area contributed by atoms with Crippen LogP contribution in [-0.2, 0) is 14.3 Å². The summed E-state index contributed by atoms with van der Waals surface area (Å²) in [6, 6.07) is 7.05. The number of benzene rings is 1. The molecule has 2 atom stereocenters. The highest BCUT2D eigenvalue weighted by molar-refractivity contribution is 6.30. The Labute approximate surface area is 111 Å². The SMILES string of the molecule is COCCOC1C(=O)CC1Oc1ccc(Cl)cc1. The first kappa shape index (κ1) is 13.3. The largest absolute Gasteiger partial charge is 0.487 e. The molecule has 1 saturated carbocycles. The van der Waals surface area contributed by atoms with Crippen LogP contribution in [0.4, 0.5) is 0 Å². The smallest absolute Gasteiger partial charge is 0.169 e. The number of Topliss-reactive ketones (excluding diaryl/α,β-unsaturated/α-hetero) is 1. The molecule has 4 nitrogen and oxygen atoms in total. The third kappa shape index (κ3) is 3.22. The number of ether oxygens (including phenoxy) is 3. The second kappa shape index (κ2) is 6.18. The van der Waals surface area contributed by atoms with E-state index in [1.165, 1.54) is 0 Å². The second-order valence-corrected chi connectivity index (χ2v) is 4.50. The zero-order chi connectivity index (χ0) is 13.0. The molecule has 0 aliphatic heterocycles. The van der Waals surface area contributed by atoms with Crippen molar-refractivity contribution < 1.29 is 19.0 Å². The van der Waals surface area contributed by atoms with Gasteiger partial charge in [0.05, 0.1) is 13.2 Å². The van der Waals surface area contributed by atoms with Crippen LogP contribution in [0.3, 0.4) is 0 Å². The van der Waals surface area contributed by atoms with E-state index < -0.39 is 6.10 Å². The van der Waals surface area contributed by atoms with E-state index in [0.717, 1.165) is 0 Å². The molecule has 1 aliphatic carbocycles. The van der Waals surface area contributed by atoms with Gasteiger partial charge in [-0.2, -0.15) is 0 Å². The number of hydrogen-bond acceptors (Lipinski definition) is 4. The van der Waals surface area contributed by atoms with E-state index in [9.17, 15) is 4.79 Å². The molecule has 1 fully saturated rings. The molecule has 0 bridgehead atoms. The van der Waals surface area contributed by atoms with Gasteiger partial charge in [0.15, 0.2) is 11.9 Å². The molecular weight excluding hydrogens is 256 g/mol. The average molecular weight is 271 g/mol. The average Bonchev–Trinajstić information content (AvgIpc) is 2.36. The summed E-state index contributed by atoms with van der Waals surface area (Å²) in [7, 11) is 1.59. The molecule has 0 heterocycles. The standard InChI is InChI=1S/C13H15ClO4/c1-16-6-7-17-13-11(15)8-12(13)18-10-4-2-9(14)3-5-10/h2-5,12-13H,6-8H2,1H3. The van der Waals surface area contributed by atoms with Crippen LogP contribution in [0.5, 0.6) is 5.75 Å². The van der Waals surface area contributed by atoms with Gasteiger partial charge in [-0.15, -0.1) is 0 Å². The normalized spacial score (nSPS) is 22.7. The topological polar surface area (TPSA) is 44.8 Å². The zero-order valence-corrected chi connectivity index (χ0v) is 10.9. The third-order valence-corrected chi connectivity index (χ3v) is 3.00.